The number of carbonyl (C=O) groups is 1. The third-order valence-electron chi connectivity index (χ3n) is 2.21. The van der Waals surface area contributed by atoms with E-state index >= 15 is 0 Å². The summed E-state index contributed by atoms with van der Waals surface area (Å²) in [5, 5.41) is 0. The smallest absolute Gasteiger partial charge is 0.270 e. The predicted molar refractivity (Wildman–Crippen MR) is 64.9 cm³/mol. The quantitative estimate of drug-likeness (QED) is 0.772. The van der Waals surface area contributed by atoms with Gasteiger partial charge in [0.2, 0.25) is 0 Å². The van der Waals surface area contributed by atoms with Crippen molar-refractivity contribution >= 4 is 21.8 Å². The normalized spacial score (nSPS) is 10.1. The lowest BCUT2D eigenvalue weighted by molar-refractivity contribution is 0.0772. The van der Waals surface area contributed by atoms with Crippen LogP contribution < -0.4 is 0 Å². The average molecular weight is 271 g/mol. The van der Waals surface area contributed by atoms with Gasteiger partial charge in [-0.1, -0.05) is 6.08 Å². The number of nitrogens with zero attached hydrogens (tertiary/aromatic N) is 2. The minimum absolute atomic E-state index is 0.0330. The molecule has 1 aromatic rings. The van der Waals surface area contributed by atoms with Crippen molar-refractivity contribution in [3.05, 3.63) is 35.1 Å². The van der Waals surface area contributed by atoms with E-state index in [0.29, 0.717) is 18.8 Å². The standard InChI is InChI=1S/C11H15BrN2O/c1-4-6-14(5-2)11(15)10-7-9(12)8-13(10)3/h4,7-8H,1,5-6H2,2-3H3. The van der Waals surface area contributed by atoms with Crippen LogP contribution in [0.5, 0.6) is 0 Å². The van der Waals surface area contributed by atoms with Crippen molar-refractivity contribution < 1.29 is 4.79 Å². The van der Waals surface area contributed by atoms with Crippen LogP contribution in [0.1, 0.15) is 17.4 Å². The first-order valence-corrected chi connectivity index (χ1v) is 5.61. The lowest BCUT2D eigenvalue weighted by Crippen LogP contribution is -2.32. The Kier molecular flexibility index (Phi) is 4.15. The van der Waals surface area contributed by atoms with Crippen LogP contribution in [0.2, 0.25) is 0 Å². The van der Waals surface area contributed by atoms with Crippen molar-refractivity contribution in [2.45, 2.75) is 6.92 Å². The van der Waals surface area contributed by atoms with Gasteiger partial charge in [0.05, 0.1) is 0 Å². The van der Waals surface area contributed by atoms with E-state index < -0.39 is 0 Å². The molecule has 0 aliphatic carbocycles. The molecule has 0 N–H and O–H groups in total. The molecule has 1 heterocycles. The molecule has 1 amide bonds. The fourth-order valence-electron chi connectivity index (χ4n) is 1.41. The second-order valence-electron chi connectivity index (χ2n) is 3.29. The molecule has 0 unspecified atom stereocenters. The van der Waals surface area contributed by atoms with Crippen molar-refractivity contribution in [3.63, 3.8) is 0 Å². The molecule has 82 valence electrons. The van der Waals surface area contributed by atoms with E-state index in [1.54, 1.807) is 11.0 Å². The van der Waals surface area contributed by atoms with E-state index in [1.807, 2.05) is 30.8 Å². The van der Waals surface area contributed by atoms with Crippen molar-refractivity contribution in [1.29, 1.82) is 0 Å². The Balaban J connectivity index is 2.91. The maximum atomic E-state index is 12.0. The van der Waals surface area contributed by atoms with Gasteiger partial charge in [-0.15, -0.1) is 6.58 Å². The summed E-state index contributed by atoms with van der Waals surface area (Å²) in [4.78, 5) is 13.8. The lowest BCUT2D eigenvalue weighted by atomic mass is 10.3. The van der Waals surface area contributed by atoms with Gasteiger partial charge in [0, 0.05) is 30.8 Å². The molecule has 0 radical (unpaired) electrons. The zero-order valence-electron chi connectivity index (χ0n) is 9.03. The van der Waals surface area contributed by atoms with Crippen LogP contribution in [0.15, 0.2) is 29.4 Å². The van der Waals surface area contributed by atoms with Gasteiger partial charge in [-0.3, -0.25) is 4.79 Å². The molecule has 15 heavy (non-hydrogen) atoms. The number of halogens is 1. The number of likely N-dealkylation sites (N-methyl/N-ethyl adjacent to an activating group) is 1. The Labute approximate surface area is 98.5 Å². The number of carbonyl (C=O) groups excluding carboxylic acids is 1. The van der Waals surface area contributed by atoms with Gasteiger partial charge < -0.3 is 9.47 Å². The summed E-state index contributed by atoms with van der Waals surface area (Å²) in [6, 6.07) is 1.83. The van der Waals surface area contributed by atoms with E-state index in [1.165, 1.54) is 0 Å². The van der Waals surface area contributed by atoms with Gasteiger partial charge in [0.25, 0.3) is 5.91 Å². The maximum Gasteiger partial charge on any atom is 0.270 e. The molecule has 0 spiro atoms. The van der Waals surface area contributed by atoms with Crippen LogP contribution >= 0.6 is 15.9 Å². The van der Waals surface area contributed by atoms with E-state index in [0.717, 1.165) is 4.47 Å². The van der Waals surface area contributed by atoms with E-state index in [4.69, 9.17) is 0 Å². The summed E-state index contributed by atoms with van der Waals surface area (Å²) in [6.07, 6.45) is 3.61. The number of amides is 1. The zero-order chi connectivity index (χ0) is 11.4. The highest BCUT2D eigenvalue weighted by Gasteiger charge is 2.16. The monoisotopic (exact) mass is 270 g/mol. The van der Waals surface area contributed by atoms with Gasteiger partial charge in [-0.05, 0) is 28.9 Å². The molecule has 0 saturated heterocycles. The predicted octanol–water partition coefficient (Wildman–Crippen LogP) is 2.44. The molecule has 1 aromatic heterocycles. The molecule has 4 heteroatoms. The van der Waals surface area contributed by atoms with Gasteiger partial charge in [-0.25, -0.2) is 0 Å². The van der Waals surface area contributed by atoms with Gasteiger partial charge in [0.15, 0.2) is 0 Å². The summed E-state index contributed by atoms with van der Waals surface area (Å²) < 4.78 is 2.74. The highest BCUT2D eigenvalue weighted by molar-refractivity contribution is 9.10. The van der Waals surface area contributed by atoms with Crippen LogP contribution in [0.25, 0.3) is 0 Å². The van der Waals surface area contributed by atoms with E-state index in [9.17, 15) is 4.79 Å². The summed E-state index contributed by atoms with van der Waals surface area (Å²) in [5.41, 5.74) is 0.686. The van der Waals surface area contributed by atoms with Crippen LogP contribution in [0, 0.1) is 0 Å². The first-order chi connectivity index (χ1) is 7.10. The number of aromatic nitrogens is 1. The highest BCUT2D eigenvalue weighted by atomic mass is 79.9. The molecular formula is C11H15BrN2O. The van der Waals surface area contributed by atoms with Crippen LogP contribution in [-0.2, 0) is 7.05 Å². The van der Waals surface area contributed by atoms with Crippen molar-refractivity contribution in [1.82, 2.24) is 9.47 Å². The third-order valence-corrected chi connectivity index (χ3v) is 2.64. The Bertz CT molecular complexity index is 371. The second-order valence-corrected chi connectivity index (χ2v) is 4.20. The molecule has 1 rings (SSSR count). The Morgan fingerprint density at radius 3 is 2.80 bits per heavy atom. The van der Waals surface area contributed by atoms with Crippen LogP contribution in [0.3, 0.4) is 0 Å². The first-order valence-electron chi connectivity index (χ1n) is 4.82. The average Bonchev–Trinajstić information content (AvgIpc) is 2.53. The fraction of sp³-hybridized carbons (Fsp3) is 0.364. The minimum Gasteiger partial charge on any atom is -0.345 e. The van der Waals surface area contributed by atoms with Crippen molar-refractivity contribution in [2.75, 3.05) is 13.1 Å². The minimum atomic E-state index is 0.0330. The van der Waals surface area contributed by atoms with Crippen molar-refractivity contribution in [3.8, 4) is 0 Å². The van der Waals surface area contributed by atoms with Crippen molar-refractivity contribution in [2.24, 2.45) is 7.05 Å². The first kappa shape index (κ1) is 12.0. The van der Waals surface area contributed by atoms with Crippen LogP contribution in [-0.4, -0.2) is 28.5 Å². The number of hydrogen-bond donors (Lipinski definition) is 0. The summed E-state index contributed by atoms with van der Waals surface area (Å²) >= 11 is 3.35. The number of aryl methyl sites for hydroxylation is 1. The van der Waals surface area contributed by atoms with E-state index in [-0.39, 0.29) is 5.91 Å². The molecule has 0 atom stereocenters. The summed E-state index contributed by atoms with van der Waals surface area (Å²) in [7, 11) is 1.86. The molecule has 0 aliphatic heterocycles. The zero-order valence-corrected chi connectivity index (χ0v) is 10.6. The SMILES string of the molecule is C=CCN(CC)C(=O)c1cc(Br)cn1C. The Morgan fingerprint density at radius 2 is 2.40 bits per heavy atom. The molecule has 0 bridgehead atoms. The summed E-state index contributed by atoms with van der Waals surface area (Å²) in [5.74, 6) is 0.0330. The molecule has 0 aromatic carbocycles. The second kappa shape index (κ2) is 5.16. The van der Waals surface area contributed by atoms with E-state index in [2.05, 4.69) is 22.5 Å². The van der Waals surface area contributed by atoms with Gasteiger partial charge in [-0.2, -0.15) is 0 Å². The van der Waals surface area contributed by atoms with Crippen LogP contribution in [0.4, 0.5) is 0 Å². The highest BCUT2D eigenvalue weighted by Crippen LogP contribution is 2.15. The number of rotatable bonds is 4. The largest absolute Gasteiger partial charge is 0.345 e. The maximum absolute atomic E-state index is 12.0. The molecule has 0 saturated carbocycles. The van der Waals surface area contributed by atoms with Gasteiger partial charge >= 0.3 is 0 Å². The lowest BCUT2D eigenvalue weighted by Gasteiger charge is -2.18. The molecule has 0 aliphatic rings. The molecule has 0 fully saturated rings. The van der Waals surface area contributed by atoms with Gasteiger partial charge in [0.1, 0.15) is 5.69 Å². The number of hydrogen-bond acceptors (Lipinski definition) is 1. The molecular weight excluding hydrogens is 256 g/mol. The topological polar surface area (TPSA) is 25.2 Å². The fourth-order valence-corrected chi connectivity index (χ4v) is 1.93. The Hall–Kier alpha value is -1.03. The third kappa shape index (κ3) is 2.72. The Morgan fingerprint density at radius 1 is 1.73 bits per heavy atom. The molecule has 3 nitrogen and oxygen atoms in total. The summed E-state index contributed by atoms with van der Waals surface area (Å²) in [6.45, 7) is 6.87.